The topological polar surface area (TPSA) is 23.1 Å². The molecule has 1 rings (SSSR count). The molecule has 1 aliphatic carbocycles. The molecule has 0 spiro atoms. The summed E-state index contributed by atoms with van der Waals surface area (Å²) in [6.07, 6.45) is 6.60. The molecule has 0 aromatic rings. The van der Waals surface area contributed by atoms with Crippen LogP contribution in [0.1, 0.15) is 19.3 Å². The van der Waals surface area contributed by atoms with Crippen LogP contribution in [-0.4, -0.2) is 0 Å². The molecule has 0 saturated carbocycles. The van der Waals surface area contributed by atoms with Crippen molar-refractivity contribution < 1.29 is 5.11 Å². The summed E-state index contributed by atoms with van der Waals surface area (Å²) < 4.78 is 0. The second-order valence-corrected chi connectivity index (χ2v) is 1.74. The van der Waals surface area contributed by atoms with E-state index < -0.39 is 0 Å². The van der Waals surface area contributed by atoms with E-state index in [0.717, 1.165) is 19.3 Å². The number of allylic oxidation sites excluding steroid dienone is 2. The van der Waals surface area contributed by atoms with E-state index in [4.69, 9.17) is 0 Å². The SMILES string of the molecule is [O-]C1=CCCC[CH+]1. The van der Waals surface area contributed by atoms with Gasteiger partial charge in [0.15, 0.2) is 0 Å². The monoisotopic (exact) mass is 96.1 g/mol. The van der Waals surface area contributed by atoms with E-state index in [-0.39, 0.29) is 5.76 Å². The summed E-state index contributed by atoms with van der Waals surface area (Å²) in [7, 11) is 0. The molecule has 1 nitrogen and oxygen atoms in total. The second-order valence-electron chi connectivity index (χ2n) is 1.74. The van der Waals surface area contributed by atoms with Gasteiger partial charge in [-0.3, -0.25) is 0 Å². The highest BCUT2D eigenvalue weighted by Crippen LogP contribution is 2.10. The van der Waals surface area contributed by atoms with Crippen molar-refractivity contribution in [2.75, 3.05) is 0 Å². The predicted molar refractivity (Wildman–Crippen MR) is 26.2 cm³/mol. The fourth-order valence-corrected chi connectivity index (χ4v) is 0.690. The molecular weight excluding hydrogens is 88.1 g/mol. The maximum Gasteiger partial charge on any atom is 0.0579 e. The second kappa shape index (κ2) is 1.92. The van der Waals surface area contributed by atoms with Crippen LogP contribution >= 0.6 is 0 Å². The molecule has 0 atom stereocenters. The zero-order valence-electron chi connectivity index (χ0n) is 4.18. The van der Waals surface area contributed by atoms with Crippen molar-refractivity contribution in [1.82, 2.24) is 0 Å². The van der Waals surface area contributed by atoms with Gasteiger partial charge in [-0.1, -0.05) is 0 Å². The molecule has 7 heavy (non-hydrogen) atoms. The van der Waals surface area contributed by atoms with Gasteiger partial charge in [0.1, 0.15) is 0 Å². The van der Waals surface area contributed by atoms with Crippen LogP contribution in [0.2, 0.25) is 0 Å². The predicted octanol–water partition coefficient (Wildman–Crippen LogP) is 0.619. The van der Waals surface area contributed by atoms with Gasteiger partial charge in [0.2, 0.25) is 0 Å². The van der Waals surface area contributed by atoms with Gasteiger partial charge in [-0.05, 0) is 6.42 Å². The van der Waals surface area contributed by atoms with Crippen molar-refractivity contribution in [2.24, 2.45) is 0 Å². The van der Waals surface area contributed by atoms with Crippen LogP contribution in [0.4, 0.5) is 0 Å². The van der Waals surface area contributed by atoms with Crippen LogP contribution in [0, 0.1) is 6.42 Å². The molecule has 0 heterocycles. The Morgan fingerprint density at radius 1 is 1.71 bits per heavy atom. The smallest absolute Gasteiger partial charge is 0.0579 e. The zero-order valence-corrected chi connectivity index (χ0v) is 4.18. The summed E-state index contributed by atoms with van der Waals surface area (Å²) in [4.78, 5) is 0. The molecule has 0 unspecified atom stereocenters. The van der Waals surface area contributed by atoms with Crippen molar-refractivity contribution in [3.63, 3.8) is 0 Å². The number of hydrogen-bond acceptors (Lipinski definition) is 1. The van der Waals surface area contributed by atoms with Crippen LogP contribution in [0.25, 0.3) is 0 Å². The largest absolute Gasteiger partial charge is 0.842 e. The Morgan fingerprint density at radius 3 is 2.86 bits per heavy atom. The molecule has 0 aliphatic heterocycles. The quantitative estimate of drug-likeness (QED) is 0.405. The van der Waals surface area contributed by atoms with Crippen LogP contribution in [0.5, 0.6) is 0 Å². The first kappa shape index (κ1) is 4.57. The van der Waals surface area contributed by atoms with Crippen LogP contribution in [-0.2, 0) is 0 Å². The molecular formula is C6H8O. The summed E-state index contributed by atoms with van der Waals surface area (Å²) in [5, 5.41) is 10.4. The highest BCUT2D eigenvalue weighted by molar-refractivity contribution is 5.05. The van der Waals surface area contributed by atoms with E-state index in [1.54, 1.807) is 12.5 Å². The van der Waals surface area contributed by atoms with E-state index in [0.29, 0.717) is 0 Å². The Kier molecular flexibility index (Phi) is 1.25. The number of rotatable bonds is 0. The molecule has 0 bridgehead atoms. The van der Waals surface area contributed by atoms with E-state index >= 15 is 0 Å². The molecule has 38 valence electrons. The van der Waals surface area contributed by atoms with E-state index in [2.05, 4.69) is 0 Å². The van der Waals surface area contributed by atoms with Gasteiger partial charge in [0, 0.05) is 25.3 Å². The van der Waals surface area contributed by atoms with Crippen molar-refractivity contribution >= 4 is 0 Å². The Morgan fingerprint density at radius 2 is 2.57 bits per heavy atom. The van der Waals surface area contributed by atoms with Gasteiger partial charge in [-0.15, -0.1) is 0 Å². The van der Waals surface area contributed by atoms with E-state index in [1.807, 2.05) is 0 Å². The minimum Gasteiger partial charge on any atom is -0.842 e. The molecule has 0 fully saturated rings. The van der Waals surface area contributed by atoms with Crippen LogP contribution in [0.3, 0.4) is 0 Å². The van der Waals surface area contributed by atoms with Crippen molar-refractivity contribution in [3.05, 3.63) is 18.3 Å². The maximum atomic E-state index is 10.4. The Balaban J connectivity index is 2.40. The molecule has 1 heteroatoms. The van der Waals surface area contributed by atoms with Gasteiger partial charge >= 0.3 is 0 Å². The van der Waals surface area contributed by atoms with E-state index in [9.17, 15) is 5.11 Å². The summed E-state index contributed by atoms with van der Waals surface area (Å²) in [6.45, 7) is 0. The first-order valence-electron chi connectivity index (χ1n) is 2.60. The summed E-state index contributed by atoms with van der Waals surface area (Å²) in [6, 6.07) is 0. The van der Waals surface area contributed by atoms with Crippen LogP contribution < -0.4 is 5.11 Å². The Bertz CT molecular complexity index is 84.2. The minimum absolute atomic E-state index is 0.214. The molecule has 0 N–H and O–H groups in total. The van der Waals surface area contributed by atoms with Gasteiger partial charge in [-0.25, -0.2) is 0 Å². The van der Waals surface area contributed by atoms with Crippen molar-refractivity contribution in [3.8, 4) is 0 Å². The normalized spacial score (nSPS) is 20.3. The third-order valence-corrected chi connectivity index (χ3v) is 1.10. The standard InChI is InChI=1S/C6H8O/c7-6-4-2-1-3-5-6/h4-5H,1-3H2. The lowest BCUT2D eigenvalue weighted by Gasteiger charge is -2.05. The van der Waals surface area contributed by atoms with Gasteiger partial charge in [0.25, 0.3) is 0 Å². The Labute approximate surface area is 43.7 Å². The fraction of sp³-hybridized carbons (Fsp3) is 0.500. The molecule has 0 radical (unpaired) electrons. The van der Waals surface area contributed by atoms with Crippen molar-refractivity contribution in [2.45, 2.75) is 19.3 Å². The van der Waals surface area contributed by atoms with Gasteiger partial charge < -0.3 is 5.11 Å². The van der Waals surface area contributed by atoms with Gasteiger partial charge in [-0.2, -0.15) is 0 Å². The van der Waals surface area contributed by atoms with Crippen LogP contribution in [0.15, 0.2) is 11.8 Å². The lowest BCUT2D eigenvalue weighted by atomic mass is 10.1. The average Bonchev–Trinajstić information content (AvgIpc) is 1.69. The lowest BCUT2D eigenvalue weighted by molar-refractivity contribution is -0.299. The third kappa shape index (κ3) is 1.15. The Hall–Kier alpha value is -0.590. The summed E-state index contributed by atoms with van der Waals surface area (Å²) in [5.74, 6) is 0.214. The van der Waals surface area contributed by atoms with Crippen molar-refractivity contribution in [1.29, 1.82) is 0 Å². The maximum absolute atomic E-state index is 10.4. The molecule has 0 aromatic carbocycles. The number of hydrogen-bond donors (Lipinski definition) is 0. The third-order valence-electron chi connectivity index (χ3n) is 1.10. The van der Waals surface area contributed by atoms with Gasteiger partial charge in [0.05, 0.1) is 5.76 Å². The molecule has 0 amide bonds. The molecule has 0 saturated heterocycles. The zero-order chi connectivity index (χ0) is 5.11. The molecule has 0 aromatic heterocycles. The van der Waals surface area contributed by atoms with E-state index in [1.165, 1.54) is 0 Å². The molecule has 1 aliphatic rings. The first-order chi connectivity index (χ1) is 3.39. The summed E-state index contributed by atoms with van der Waals surface area (Å²) >= 11 is 0. The lowest BCUT2D eigenvalue weighted by Crippen LogP contribution is -2.06. The fourth-order valence-electron chi connectivity index (χ4n) is 0.690. The highest BCUT2D eigenvalue weighted by Gasteiger charge is 2.00. The minimum atomic E-state index is 0.214. The summed E-state index contributed by atoms with van der Waals surface area (Å²) in [5.41, 5.74) is 0. The average molecular weight is 96.1 g/mol. The first-order valence-corrected chi connectivity index (χ1v) is 2.60. The highest BCUT2D eigenvalue weighted by atomic mass is 16.3.